The maximum atomic E-state index is 6.09. The topological polar surface area (TPSA) is 51.8 Å². The fraction of sp³-hybridized carbons (Fsp3) is 0. The van der Waals surface area contributed by atoms with Crippen molar-refractivity contribution in [1.82, 2.24) is 9.97 Å². The van der Waals surface area contributed by atoms with Crippen molar-refractivity contribution in [2.45, 2.75) is 0 Å². The van der Waals surface area contributed by atoms with Crippen LogP contribution < -0.4 is 5.73 Å². The standard InChI is InChI=1S/C18H13N3/c19-18-17(20-15-7-3-4-8-16(15)21-18)14-10-9-12-5-1-2-6-13(12)11-14/h1-11H,(H2,19,21). The molecule has 0 fully saturated rings. The van der Waals surface area contributed by atoms with Gasteiger partial charge in [-0.15, -0.1) is 0 Å². The number of fused-ring (bicyclic) bond motifs is 2. The minimum Gasteiger partial charge on any atom is -0.382 e. The SMILES string of the molecule is Nc1nc2ccccc2nc1-c1ccc2ccccc2c1. The zero-order valence-corrected chi connectivity index (χ0v) is 11.3. The van der Waals surface area contributed by atoms with E-state index in [4.69, 9.17) is 5.73 Å². The first kappa shape index (κ1) is 11.9. The predicted octanol–water partition coefficient (Wildman–Crippen LogP) is 4.03. The van der Waals surface area contributed by atoms with Crippen LogP contribution in [0.25, 0.3) is 33.1 Å². The molecule has 0 radical (unpaired) electrons. The van der Waals surface area contributed by atoms with Crippen molar-refractivity contribution in [2.75, 3.05) is 5.73 Å². The average Bonchev–Trinajstić information content (AvgIpc) is 2.54. The molecule has 0 spiro atoms. The lowest BCUT2D eigenvalue weighted by Gasteiger charge is -2.07. The lowest BCUT2D eigenvalue weighted by Crippen LogP contribution is -1.98. The van der Waals surface area contributed by atoms with E-state index in [1.54, 1.807) is 0 Å². The van der Waals surface area contributed by atoms with Gasteiger partial charge < -0.3 is 5.73 Å². The highest BCUT2D eigenvalue weighted by Crippen LogP contribution is 2.27. The van der Waals surface area contributed by atoms with E-state index in [1.165, 1.54) is 10.8 Å². The van der Waals surface area contributed by atoms with Crippen molar-refractivity contribution < 1.29 is 0 Å². The number of para-hydroxylation sites is 2. The Morgan fingerprint density at radius 1 is 0.667 bits per heavy atom. The van der Waals surface area contributed by atoms with Crippen LogP contribution in [0.3, 0.4) is 0 Å². The first-order valence-corrected chi connectivity index (χ1v) is 6.83. The van der Waals surface area contributed by atoms with Crippen LogP contribution in [0.4, 0.5) is 5.82 Å². The second kappa shape index (κ2) is 4.56. The van der Waals surface area contributed by atoms with E-state index in [1.807, 2.05) is 42.5 Å². The van der Waals surface area contributed by atoms with Crippen molar-refractivity contribution in [2.24, 2.45) is 0 Å². The second-order valence-electron chi connectivity index (χ2n) is 5.01. The fourth-order valence-corrected chi connectivity index (χ4v) is 2.56. The quantitative estimate of drug-likeness (QED) is 0.568. The Morgan fingerprint density at radius 2 is 1.33 bits per heavy atom. The lowest BCUT2D eigenvalue weighted by molar-refractivity contribution is 1.30. The minimum absolute atomic E-state index is 0.462. The highest BCUT2D eigenvalue weighted by Gasteiger charge is 2.08. The molecule has 0 unspecified atom stereocenters. The molecule has 4 rings (SSSR count). The van der Waals surface area contributed by atoms with E-state index in [0.717, 1.165) is 22.3 Å². The molecule has 3 aromatic carbocycles. The highest BCUT2D eigenvalue weighted by atomic mass is 14.9. The van der Waals surface area contributed by atoms with Crippen LogP contribution >= 0.6 is 0 Å². The first-order chi connectivity index (χ1) is 10.3. The summed E-state index contributed by atoms with van der Waals surface area (Å²) in [5.41, 5.74) is 9.49. The largest absolute Gasteiger partial charge is 0.382 e. The van der Waals surface area contributed by atoms with E-state index in [-0.39, 0.29) is 0 Å². The number of aromatic nitrogens is 2. The van der Waals surface area contributed by atoms with Gasteiger partial charge in [0.1, 0.15) is 5.69 Å². The number of hydrogen-bond acceptors (Lipinski definition) is 3. The molecule has 3 nitrogen and oxygen atoms in total. The van der Waals surface area contributed by atoms with Gasteiger partial charge in [0.15, 0.2) is 5.82 Å². The van der Waals surface area contributed by atoms with Crippen molar-refractivity contribution >= 4 is 27.6 Å². The molecule has 0 saturated heterocycles. The van der Waals surface area contributed by atoms with Gasteiger partial charge >= 0.3 is 0 Å². The van der Waals surface area contributed by atoms with Crippen LogP contribution in [-0.4, -0.2) is 9.97 Å². The van der Waals surface area contributed by atoms with Crippen LogP contribution in [-0.2, 0) is 0 Å². The third-order valence-electron chi connectivity index (χ3n) is 3.62. The number of hydrogen-bond donors (Lipinski definition) is 1. The summed E-state index contributed by atoms with van der Waals surface area (Å²) in [6, 6.07) is 22.2. The Labute approximate surface area is 122 Å². The number of anilines is 1. The highest BCUT2D eigenvalue weighted by molar-refractivity contribution is 5.89. The van der Waals surface area contributed by atoms with Gasteiger partial charge in [-0.1, -0.05) is 48.5 Å². The Balaban J connectivity index is 1.96. The van der Waals surface area contributed by atoms with Crippen LogP contribution in [0.15, 0.2) is 66.7 Å². The molecule has 4 aromatic rings. The number of nitrogens with two attached hydrogens (primary N) is 1. The average molecular weight is 271 g/mol. The summed E-state index contributed by atoms with van der Waals surface area (Å²) in [6.07, 6.45) is 0. The third kappa shape index (κ3) is 1.99. The normalized spacial score (nSPS) is 11.0. The Bertz CT molecular complexity index is 961. The van der Waals surface area contributed by atoms with E-state index in [2.05, 4.69) is 34.2 Å². The molecule has 3 heteroatoms. The summed E-state index contributed by atoms with van der Waals surface area (Å²) in [5.74, 6) is 0.462. The van der Waals surface area contributed by atoms with Crippen LogP contribution in [0, 0.1) is 0 Å². The summed E-state index contributed by atoms with van der Waals surface area (Å²) < 4.78 is 0. The zero-order valence-electron chi connectivity index (χ0n) is 11.3. The summed E-state index contributed by atoms with van der Waals surface area (Å²) >= 11 is 0. The maximum Gasteiger partial charge on any atom is 0.150 e. The van der Waals surface area contributed by atoms with Crippen molar-refractivity contribution in [3.63, 3.8) is 0 Å². The molecule has 0 amide bonds. The Hall–Kier alpha value is -2.94. The van der Waals surface area contributed by atoms with Gasteiger partial charge in [-0.05, 0) is 29.0 Å². The number of benzene rings is 3. The van der Waals surface area contributed by atoms with Gasteiger partial charge in [0.2, 0.25) is 0 Å². The van der Waals surface area contributed by atoms with E-state index in [9.17, 15) is 0 Å². The van der Waals surface area contributed by atoms with Crippen LogP contribution in [0.2, 0.25) is 0 Å². The Morgan fingerprint density at radius 3 is 2.14 bits per heavy atom. The van der Waals surface area contributed by atoms with Crippen molar-refractivity contribution in [1.29, 1.82) is 0 Å². The third-order valence-corrected chi connectivity index (χ3v) is 3.62. The summed E-state index contributed by atoms with van der Waals surface area (Å²) in [4.78, 5) is 9.11. The van der Waals surface area contributed by atoms with E-state index < -0.39 is 0 Å². The first-order valence-electron chi connectivity index (χ1n) is 6.83. The molecular formula is C18H13N3. The van der Waals surface area contributed by atoms with Gasteiger partial charge in [0.25, 0.3) is 0 Å². The fourth-order valence-electron chi connectivity index (χ4n) is 2.56. The van der Waals surface area contributed by atoms with Gasteiger partial charge in [-0.3, -0.25) is 0 Å². The van der Waals surface area contributed by atoms with E-state index >= 15 is 0 Å². The summed E-state index contributed by atoms with van der Waals surface area (Å²) in [5, 5.41) is 2.37. The summed E-state index contributed by atoms with van der Waals surface area (Å²) in [7, 11) is 0. The molecule has 100 valence electrons. The zero-order chi connectivity index (χ0) is 14.2. The Kier molecular flexibility index (Phi) is 2.57. The summed E-state index contributed by atoms with van der Waals surface area (Å²) in [6.45, 7) is 0. The monoisotopic (exact) mass is 271 g/mol. The number of rotatable bonds is 1. The molecule has 0 atom stereocenters. The molecule has 0 aliphatic rings. The van der Waals surface area contributed by atoms with Gasteiger partial charge in [-0.25, -0.2) is 9.97 Å². The minimum atomic E-state index is 0.462. The van der Waals surface area contributed by atoms with Gasteiger partial charge in [0, 0.05) is 5.56 Å². The van der Waals surface area contributed by atoms with Gasteiger partial charge in [0.05, 0.1) is 11.0 Å². The molecule has 0 saturated carbocycles. The number of nitrogen functional groups attached to an aromatic ring is 1. The van der Waals surface area contributed by atoms with E-state index in [0.29, 0.717) is 5.82 Å². The molecule has 1 aromatic heterocycles. The smallest absolute Gasteiger partial charge is 0.150 e. The maximum absolute atomic E-state index is 6.09. The lowest BCUT2D eigenvalue weighted by atomic mass is 10.0. The van der Waals surface area contributed by atoms with Gasteiger partial charge in [-0.2, -0.15) is 0 Å². The molecule has 0 bridgehead atoms. The molecule has 0 aliphatic carbocycles. The molecule has 0 aliphatic heterocycles. The molecule has 21 heavy (non-hydrogen) atoms. The molecular weight excluding hydrogens is 258 g/mol. The second-order valence-corrected chi connectivity index (χ2v) is 5.01. The van der Waals surface area contributed by atoms with Crippen molar-refractivity contribution in [3.8, 4) is 11.3 Å². The number of nitrogens with zero attached hydrogens (tertiary/aromatic N) is 2. The molecule has 1 heterocycles. The predicted molar refractivity (Wildman–Crippen MR) is 86.9 cm³/mol. The van der Waals surface area contributed by atoms with Crippen LogP contribution in [0.1, 0.15) is 0 Å². The molecule has 2 N–H and O–H groups in total. The van der Waals surface area contributed by atoms with Crippen LogP contribution in [0.5, 0.6) is 0 Å². The van der Waals surface area contributed by atoms with Crippen molar-refractivity contribution in [3.05, 3.63) is 66.7 Å².